The fraction of sp³-hybridized carbons (Fsp3) is 0. The molecule has 0 radical (unpaired) electrons. The maximum Gasteiger partial charge on any atom is 4.00 e. The molecule has 0 rings (SSSR count). The van der Waals surface area contributed by atoms with Gasteiger partial charge in [0.05, 0.1) is 0 Å². The molecule has 0 aliphatic heterocycles. The van der Waals surface area contributed by atoms with Crippen LogP contribution in [0, 0.1) is 0 Å². The Balaban J connectivity index is -0.0000000720. The first-order chi connectivity index (χ1) is 3.46. The zero-order chi connectivity index (χ0) is 7.15. The van der Waals surface area contributed by atoms with Gasteiger partial charge in [-0.3, -0.25) is 0 Å². The van der Waals surface area contributed by atoms with E-state index >= 15 is 0 Å². The first-order valence-corrected chi connectivity index (χ1v) is 2.04. The van der Waals surface area contributed by atoms with Gasteiger partial charge in [-0.2, -0.15) is 0 Å². The Bertz CT molecular complexity index is 74.6. The van der Waals surface area contributed by atoms with Crippen molar-refractivity contribution < 1.29 is 19.8 Å². The molecule has 0 aliphatic carbocycles. The predicted octanol–water partition coefficient (Wildman–Crippen LogP) is -2.63. The fourth-order valence-electron chi connectivity index (χ4n) is 0. The van der Waals surface area contributed by atoms with Crippen molar-refractivity contribution in [2.45, 2.75) is 0 Å². The first kappa shape index (κ1) is 16.1. The van der Waals surface area contributed by atoms with E-state index < -0.39 is 10.6 Å². The number of hydrogen-bond acceptors (Lipinski definition) is 6. The van der Waals surface area contributed by atoms with Gasteiger partial charge in [0, 0.05) is 0 Å². The fourth-order valence-corrected chi connectivity index (χ4v) is 0. The van der Waals surface area contributed by atoms with E-state index in [4.69, 9.17) is 19.8 Å². The van der Waals surface area contributed by atoms with Crippen LogP contribution < -0.4 is 10.2 Å². The SMILES string of the molecule is O=C([O-])[S-].O=C([O-])[S-].[Sn+4]. The summed E-state index contributed by atoms with van der Waals surface area (Å²) in [4.78, 5) is 17.4. The molecule has 0 saturated carbocycles. The quantitative estimate of drug-likeness (QED) is 0.354. The van der Waals surface area contributed by atoms with Crippen molar-refractivity contribution in [1.29, 1.82) is 0 Å². The summed E-state index contributed by atoms with van der Waals surface area (Å²) in [6, 6.07) is 0. The van der Waals surface area contributed by atoms with Gasteiger partial charge >= 0.3 is 23.9 Å². The summed E-state index contributed by atoms with van der Waals surface area (Å²) in [5.41, 5.74) is 0. The summed E-state index contributed by atoms with van der Waals surface area (Å²) in [6.45, 7) is 0. The molecule has 0 aromatic rings. The molecular formula is C2O4S2Sn. The topological polar surface area (TPSA) is 80.3 Å². The molecule has 0 saturated heterocycles. The van der Waals surface area contributed by atoms with E-state index in [2.05, 4.69) is 25.3 Å². The molecule has 0 aliphatic rings. The maximum atomic E-state index is 8.70. The number of carbonyl (C=O) groups is 2. The van der Waals surface area contributed by atoms with Gasteiger partial charge < -0.3 is 45.1 Å². The number of rotatable bonds is 0. The minimum absolute atomic E-state index is 0. The Labute approximate surface area is 79.4 Å². The monoisotopic (exact) mass is 272 g/mol. The van der Waals surface area contributed by atoms with Crippen molar-refractivity contribution in [1.82, 2.24) is 0 Å². The van der Waals surface area contributed by atoms with Gasteiger partial charge in [0.15, 0.2) is 0 Å². The van der Waals surface area contributed by atoms with Crippen molar-refractivity contribution in [3.63, 3.8) is 0 Å². The summed E-state index contributed by atoms with van der Waals surface area (Å²) in [6.07, 6.45) is 0. The van der Waals surface area contributed by atoms with E-state index in [1.54, 1.807) is 0 Å². The number of hydrogen-bond donors (Lipinski definition) is 0. The second kappa shape index (κ2) is 11.0. The molecule has 48 valence electrons. The van der Waals surface area contributed by atoms with E-state index in [0.29, 0.717) is 0 Å². The minimum atomic E-state index is -1.50. The molecule has 0 aromatic heterocycles. The molecule has 0 spiro atoms. The van der Waals surface area contributed by atoms with Crippen molar-refractivity contribution in [2.75, 3.05) is 0 Å². The predicted molar refractivity (Wildman–Crippen MR) is 31.3 cm³/mol. The average molecular weight is 271 g/mol. The van der Waals surface area contributed by atoms with Crippen molar-refractivity contribution >= 4 is 59.8 Å². The standard InChI is InChI=1S/2CH2O2S.Sn/c2*2-1(3)4;/h2*4H,(H,2,3);/q;;+4/p-4. The van der Waals surface area contributed by atoms with Gasteiger partial charge in [0.1, 0.15) is 0 Å². The van der Waals surface area contributed by atoms with Crippen LogP contribution in [0.3, 0.4) is 0 Å². The largest absolute Gasteiger partial charge is 4.00 e. The van der Waals surface area contributed by atoms with Gasteiger partial charge in [-0.1, -0.05) is 10.6 Å². The number of carboxylic acid groups (broad SMARTS) is 2. The summed E-state index contributed by atoms with van der Waals surface area (Å²) < 4.78 is 0. The van der Waals surface area contributed by atoms with E-state index in [1.807, 2.05) is 0 Å². The molecule has 4 nitrogen and oxygen atoms in total. The van der Waals surface area contributed by atoms with Crippen LogP contribution in [-0.4, -0.2) is 34.5 Å². The zero-order valence-electron chi connectivity index (χ0n) is 3.95. The van der Waals surface area contributed by atoms with Crippen LogP contribution in [0.25, 0.3) is 0 Å². The smallest absolute Gasteiger partial charge is 0.764 e. The zero-order valence-corrected chi connectivity index (χ0v) is 8.44. The third-order valence-electron chi connectivity index (χ3n) is 0. The van der Waals surface area contributed by atoms with Gasteiger partial charge in [0.2, 0.25) is 0 Å². The van der Waals surface area contributed by atoms with Crippen molar-refractivity contribution in [2.24, 2.45) is 0 Å². The maximum absolute atomic E-state index is 8.70. The molecule has 0 fully saturated rings. The molecule has 0 amide bonds. The summed E-state index contributed by atoms with van der Waals surface area (Å²) >= 11 is 6.85. The van der Waals surface area contributed by atoms with E-state index in [-0.39, 0.29) is 23.9 Å². The molecule has 9 heavy (non-hydrogen) atoms. The van der Waals surface area contributed by atoms with Gasteiger partial charge in [-0.15, -0.1) is 0 Å². The summed E-state index contributed by atoms with van der Waals surface area (Å²) in [5.74, 6) is 0. The summed E-state index contributed by atoms with van der Waals surface area (Å²) in [5, 5.41) is 14.4. The Hall–Kier alpha value is 0.179. The van der Waals surface area contributed by atoms with Gasteiger partial charge in [-0.25, -0.2) is 0 Å². The van der Waals surface area contributed by atoms with Gasteiger partial charge in [0.25, 0.3) is 0 Å². The van der Waals surface area contributed by atoms with Crippen LogP contribution >= 0.6 is 0 Å². The van der Waals surface area contributed by atoms with Crippen molar-refractivity contribution in [3.05, 3.63) is 0 Å². The summed E-state index contributed by atoms with van der Waals surface area (Å²) in [7, 11) is 0. The minimum Gasteiger partial charge on any atom is -0.764 e. The van der Waals surface area contributed by atoms with E-state index in [9.17, 15) is 0 Å². The Morgan fingerprint density at radius 2 is 1.00 bits per heavy atom. The molecular weight excluding hydrogens is 271 g/mol. The van der Waals surface area contributed by atoms with E-state index in [0.717, 1.165) is 0 Å². The average Bonchev–Trinajstić information content (AvgIpc) is 1.25. The normalized spacial score (nSPS) is 5.33. The third-order valence-corrected chi connectivity index (χ3v) is 0. The van der Waals surface area contributed by atoms with Crippen LogP contribution in [0.1, 0.15) is 0 Å². The second-order valence-electron chi connectivity index (χ2n) is 0.500. The first-order valence-electron chi connectivity index (χ1n) is 1.22. The van der Waals surface area contributed by atoms with Crippen LogP contribution in [0.5, 0.6) is 0 Å². The molecule has 0 aromatic carbocycles. The second-order valence-corrected chi connectivity index (χ2v) is 1.17. The molecule has 7 heteroatoms. The third kappa shape index (κ3) is 9780. The molecule has 0 heterocycles. The Kier molecular flexibility index (Phi) is 19.7. The Morgan fingerprint density at radius 1 is 1.00 bits per heavy atom. The molecule has 0 N–H and O–H groups in total. The van der Waals surface area contributed by atoms with E-state index in [1.165, 1.54) is 0 Å². The van der Waals surface area contributed by atoms with Gasteiger partial charge in [-0.05, 0) is 0 Å². The van der Waals surface area contributed by atoms with Crippen LogP contribution in [0.2, 0.25) is 0 Å². The van der Waals surface area contributed by atoms with Crippen LogP contribution in [0.15, 0.2) is 0 Å². The van der Waals surface area contributed by atoms with Crippen LogP contribution in [-0.2, 0) is 25.3 Å². The molecule has 0 bridgehead atoms. The Morgan fingerprint density at radius 3 is 1.00 bits per heavy atom. The van der Waals surface area contributed by atoms with Crippen LogP contribution in [0.4, 0.5) is 9.59 Å². The molecule has 0 atom stereocenters. The number of carbonyl (C=O) groups excluding carboxylic acids is 2. The molecule has 0 unspecified atom stereocenters. The van der Waals surface area contributed by atoms with Crippen molar-refractivity contribution in [3.8, 4) is 0 Å².